The molecule has 0 amide bonds. The average molecular weight is 806 g/mol. The molecule has 0 N–H and O–H groups in total. The van der Waals surface area contributed by atoms with Crippen LogP contribution in [0.3, 0.4) is 0 Å². The monoisotopic (exact) mass is 813 g/mol. The predicted molar refractivity (Wildman–Crippen MR) is 98.9 cm³/mol. The van der Waals surface area contributed by atoms with Crippen LogP contribution in [-0.2, 0) is 6.42 Å². The molecule has 108 valence electrons. The van der Waals surface area contributed by atoms with E-state index in [0.29, 0.717) is 0 Å². The Bertz CT molecular complexity index is 695. The van der Waals surface area contributed by atoms with E-state index in [0.717, 1.165) is 53.6 Å². The second kappa shape index (κ2) is 7.19. The fourth-order valence-electron chi connectivity index (χ4n) is 2.19. The van der Waals surface area contributed by atoms with Crippen LogP contribution in [0, 0.1) is 0 Å². The van der Waals surface area contributed by atoms with Gasteiger partial charge in [0.1, 0.15) is 0 Å². The van der Waals surface area contributed by atoms with Gasteiger partial charge in [-0.1, -0.05) is 0 Å². The van der Waals surface area contributed by atoms with Crippen LogP contribution in [0.4, 0.5) is 0 Å². The molecule has 0 saturated carbocycles. The SMILES string of the molecule is [Se]c1c([Se])c([Se])c2c(c1[Se])Cc1c([Se])c([Se])c([Se])c([Se])c1O2. The van der Waals surface area contributed by atoms with Gasteiger partial charge in [-0.25, -0.2) is 0 Å². The Kier molecular flexibility index (Phi) is 6.26. The van der Waals surface area contributed by atoms with Crippen LogP contribution in [0.15, 0.2) is 0 Å². The summed E-state index contributed by atoms with van der Waals surface area (Å²) in [4.78, 5) is 0. The summed E-state index contributed by atoms with van der Waals surface area (Å²) in [5.74, 6) is 1.80. The Labute approximate surface area is 194 Å². The maximum atomic E-state index is 6.30. The van der Waals surface area contributed by atoms with Crippen LogP contribution in [0.2, 0.25) is 0 Å². The molecule has 0 saturated heterocycles. The molecule has 2 aromatic carbocycles. The van der Waals surface area contributed by atoms with Crippen LogP contribution < -0.4 is 40.4 Å². The minimum atomic E-state index is 0.822. The molecular formula is C13H2OSe8. The normalized spacial score (nSPS) is 12.4. The van der Waals surface area contributed by atoms with Crippen molar-refractivity contribution in [3.05, 3.63) is 11.1 Å². The first-order valence-electron chi connectivity index (χ1n) is 5.75. The molecule has 0 unspecified atom stereocenters. The molecule has 22 heavy (non-hydrogen) atoms. The van der Waals surface area contributed by atoms with Gasteiger partial charge in [0, 0.05) is 0 Å². The zero-order valence-corrected chi connectivity index (χ0v) is 24.1. The van der Waals surface area contributed by atoms with E-state index in [4.69, 9.17) is 4.74 Å². The predicted octanol–water partition coefficient (Wildman–Crippen LogP) is -6.27. The first kappa shape index (κ1) is 19.2. The van der Waals surface area contributed by atoms with Gasteiger partial charge in [-0.15, -0.1) is 0 Å². The summed E-state index contributed by atoms with van der Waals surface area (Å²) in [6.07, 6.45) is 0.822. The van der Waals surface area contributed by atoms with Crippen LogP contribution >= 0.6 is 0 Å². The van der Waals surface area contributed by atoms with Crippen molar-refractivity contribution in [2.24, 2.45) is 0 Å². The second-order valence-corrected chi connectivity index (χ2v) is 11.4. The van der Waals surface area contributed by atoms with Crippen LogP contribution in [0.25, 0.3) is 0 Å². The maximum absolute atomic E-state index is 6.30. The summed E-state index contributed by atoms with van der Waals surface area (Å²) >= 11 is 25.1. The number of hydrogen-bond donors (Lipinski definition) is 0. The third kappa shape index (κ3) is 3.01. The number of rotatable bonds is 0. The van der Waals surface area contributed by atoms with Crippen molar-refractivity contribution < 1.29 is 4.74 Å². The van der Waals surface area contributed by atoms with Gasteiger partial charge in [0.25, 0.3) is 0 Å². The van der Waals surface area contributed by atoms with Crippen LogP contribution in [0.5, 0.6) is 11.5 Å². The van der Waals surface area contributed by atoms with Crippen LogP contribution in [0.1, 0.15) is 11.1 Å². The molecule has 1 aliphatic heterocycles. The first-order valence-corrected chi connectivity index (χ1v) is 12.6. The number of fused-ring (bicyclic) bond motifs is 2. The van der Waals surface area contributed by atoms with Crippen molar-refractivity contribution in [2.45, 2.75) is 6.42 Å². The van der Waals surface area contributed by atoms with E-state index in [1.807, 2.05) is 0 Å². The van der Waals surface area contributed by atoms with Gasteiger partial charge in [-0.3, -0.25) is 0 Å². The molecule has 0 aliphatic carbocycles. The van der Waals surface area contributed by atoms with Gasteiger partial charge in [-0.2, -0.15) is 0 Å². The Morgan fingerprint density at radius 1 is 0.455 bits per heavy atom. The standard InChI is InChI=1S/C13H2OSe8/c15-6-2-1-3-5(9(18)13(22)11(20)7(3)16)14-4(2)8(17)12(21)10(6)19/h1H2. The van der Waals surface area contributed by atoms with Crippen molar-refractivity contribution in [1.29, 1.82) is 0 Å². The molecule has 8 radical (unpaired) electrons. The number of ether oxygens (including phenoxy) is 1. The Morgan fingerprint density at radius 3 is 1.14 bits per heavy atom. The van der Waals surface area contributed by atoms with Crippen molar-refractivity contribution >= 4 is 164 Å². The molecule has 3 rings (SSSR count). The molecule has 0 bridgehead atoms. The van der Waals surface area contributed by atoms with Crippen LogP contribution in [-0.4, -0.2) is 128 Å². The summed E-state index contributed by atoms with van der Waals surface area (Å²) in [6.45, 7) is 0. The molecule has 0 spiro atoms. The van der Waals surface area contributed by atoms with E-state index in [9.17, 15) is 0 Å². The van der Waals surface area contributed by atoms with Gasteiger partial charge in [0.2, 0.25) is 0 Å². The number of benzene rings is 2. The van der Waals surface area contributed by atoms with E-state index in [1.165, 1.54) is 11.1 Å². The van der Waals surface area contributed by atoms with Gasteiger partial charge in [-0.05, 0) is 0 Å². The summed E-state index contributed by atoms with van der Waals surface area (Å²) in [5.41, 5.74) is 2.36. The molecule has 1 aliphatic rings. The van der Waals surface area contributed by atoms with E-state index in [-0.39, 0.29) is 0 Å². The molecule has 0 atom stereocenters. The summed E-state index contributed by atoms with van der Waals surface area (Å²) in [7, 11) is 0. The molecule has 0 aromatic heterocycles. The van der Waals surface area contributed by atoms with Gasteiger partial charge < -0.3 is 0 Å². The average Bonchev–Trinajstić information content (AvgIpc) is 2.52. The van der Waals surface area contributed by atoms with Gasteiger partial charge in [0.05, 0.1) is 0 Å². The zero-order valence-electron chi connectivity index (χ0n) is 10.4. The fourth-order valence-corrected chi connectivity index (χ4v) is 7.50. The number of hydrogen-bond acceptors (Lipinski definition) is 1. The third-order valence-corrected chi connectivity index (χ3v) is 14.2. The summed E-state index contributed by atoms with van der Waals surface area (Å²) < 4.78 is 14.9. The molecule has 9 heteroatoms. The van der Waals surface area contributed by atoms with Crippen molar-refractivity contribution in [1.82, 2.24) is 0 Å². The van der Waals surface area contributed by atoms with E-state index in [1.54, 1.807) is 0 Å². The molecular weight excluding hydrogens is 804 g/mol. The third-order valence-electron chi connectivity index (χ3n) is 3.30. The quantitative estimate of drug-likeness (QED) is 0.206. The molecule has 1 heterocycles. The molecule has 1 nitrogen and oxygen atoms in total. The molecule has 0 fully saturated rings. The van der Waals surface area contributed by atoms with Crippen molar-refractivity contribution in [3.63, 3.8) is 0 Å². The zero-order chi connectivity index (χ0) is 16.3. The van der Waals surface area contributed by atoms with Gasteiger partial charge in [0.15, 0.2) is 0 Å². The van der Waals surface area contributed by atoms with Crippen molar-refractivity contribution in [2.75, 3.05) is 0 Å². The fraction of sp³-hybridized carbons (Fsp3) is 0.0769. The van der Waals surface area contributed by atoms with Crippen molar-refractivity contribution in [3.8, 4) is 11.5 Å². The van der Waals surface area contributed by atoms with Gasteiger partial charge >= 0.3 is 198 Å². The summed E-state index contributed by atoms with van der Waals surface area (Å²) in [6, 6.07) is 0. The second-order valence-electron chi connectivity index (χ2n) is 4.53. The molecule has 2 aromatic rings. The van der Waals surface area contributed by atoms with E-state index < -0.39 is 0 Å². The van der Waals surface area contributed by atoms with E-state index in [2.05, 4.69) is 128 Å². The van der Waals surface area contributed by atoms with E-state index >= 15 is 0 Å². The Morgan fingerprint density at radius 2 is 0.773 bits per heavy atom. The Hall–Kier alpha value is 2.40. The minimum absolute atomic E-state index is 0.822. The topological polar surface area (TPSA) is 9.23 Å². The Balaban J connectivity index is 2.32. The summed E-state index contributed by atoms with van der Waals surface area (Å²) in [5, 5.41) is 0. The first-order chi connectivity index (χ1) is 10.3.